The van der Waals surface area contributed by atoms with Crippen LogP contribution in [0.4, 0.5) is 13.2 Å². The molecule has 0 aliphatic carbocycles. The number of alkyl halides is 3. The minimum atomic E-state index is -4.49. The van der Waals surface area contributed by atoms with Crippen molar-refractivity contribution in [2.24, 2.45) is 0 Å². The fraction of sp³-hybridized carbons (Fsp3) is 0.278. The topological polar surface area (TPSA) is 38.8 Å². The van der Waals surface area contributed by atoms with Gasteiger partial charge in [0.15, 0.2) is 0 Å². The maximum atomic E-state index is 12.8. The molecule has 0 aliphatic heterocycles. The number of nitrogens with zero attached hydrogens (tertiary/aromatic N) is 1. The average Bonchev–Trinajstić information content (AvgIpc) is 2.60. The third-order valence-electron chi connectivity index (χ3n) is 3.69. The smallest absolute Gasteiger partial charge is 0.416 e. The summed E-state index contributed by atoms with van der Waals surface area (Å²) < 4.78 is 48.8. The van der Waals surface area contributed by atoms with Gasteiger partial charge in [-0.25, -0.2) is 0 Å². The van der Waals surface area contributed by atoms with Crippen molar-refractivity contribution in [1.82, 2.24) is 4.90 Å². The highest BCUT2D eigenvalue weighted by molar-refractivity contribution is 5.94. The third kappa shape index (κ3) is 4.43. The highest BCUT2D eigenvalue weighted by Gasteiger charge is 2.31. The third-order valence-corrected chi connectivity index (χ3v) is 3.69. The van der Waals surface area contributed by atoms with Crippen LogP contribution in [0.2, 0.25) is 0 Å². The normalized spacial score (nSPS) is 11.1. The first-order valence-corrected chi connectivity index (χ1v) is 7.40. The molecule has 0 radical (unpaired) electrons. The molecule has 1 amide bonds. The summed E-state index contributed by atoms with van der Waals surface area (Å²) in [6, 6.07) is 9.51. The molecule has 0 bridgehead atoms. The largest absolute Gasteiger partial charge is 0.497 e. The lowest BCUT2D eigenvalue weighted by atomic mass is 10.1. The minimum Gasteiger partial charge on any atom is -0.497 e. The minimum absolute atomic E-state index is 0.0233. The fourth-order valence-corrected chi connectivity index (χ4v) is 2.36. The molecule has 0 fully saturated rings. The van der Waals surface area contributed by atoms with Gasteiger partial charge in [0.1, 0.15) is 11.5 Å². The maximum Gasteiger partial charge on any atom is 0.416 e. The zero-order chi connectivity index (χ0) is 18.6. The van der Waals surface area contributed by atoms with Crippen LogP contribution in [0.5, 0.6) is 11.5 Å². The summed E-state index contributed by atoms with van der Waals surface area (Å²) in [7, 11) is 4.54. The van der Waals surface area contributed by atoms with E-state index >= 15 is 0 Å². The molecule has 134 valence electrons. The SMILES string of the molecule is COc1ccc(CN(C)C(=O)c2cccc(C(F)(F)F)c2)c(OC)c1. The van der Waals surface area contributed by atoms with Gasteiger partial charge >= 0.3 is 6.18 Å². The van der Waals surface area contributed by atoms with Crippen molar-refractivity contribution in [3.8, 4) is 11.5 Å². The number of rotatable bonds is 5. The van der Waals surface area contributed by atoms with E-state index in [0.29, 0.717) is 17.1 Å². The fourth-order valence-electron chi connectivity index (χ4n) is 2.36. The number of carbonyl (C=O) groups is 1. The molecule has 0 saturated heterocycles. The second-order valence-corrected chi connectivity index (χ2v) is 5.42. The summed E-state index contributed by atoms with van der Waals surface area (Å²) in [5, 5.41) is 0. The van der Waals surface area contributed by atoms with Crippen LogP contribution >= 0.6 is 0 Å². The van der Waals surface area contributed by atoms with Gasteiger partial charge < -0.3 is 14.4 Å². The number of amides is 1. The molecule has 2 aromatic carbocycles. The Balaban J connectivity index is 2.21. The van der Waals surface area contributed by atoms with Crippen LogP contribution in [0, 0.1) is 0 Å². The Kier molecular flexibility index (Phi) is 5.56. The van der Waals surface area contributed by atoms with Gasteiger partial charge in [-0.2, -0.15) is 13.2 Å². The summed E-state index contributed by atoms with van der Waals surface area (Å²) >= 11 is 0. The Bertz CT molecular complexity index is 759. The van der Waals surface area contributed by atoms with Crippen LogP contribution in [-0.2, 0) is 12.7 Å². The summed E-state index contributed by atoms with van der Waals surface area (Å²) in [6.45, 7) is 0.183. The molecular formula is C18H18F3NO3. The molecule has 4 nitrogen and oxygen atoms in total. The highest BCUT2D eigenvalue weighted by Crippen LogP contribution is 2.30. The molecule has 2 rings (SSSR count). The lowest BCUT2D eigenvalue weighted by Gasteiger charge is -2.20. The van der Waals surface area contributed by atoms with Crippen molar-refractivity contribution >= 4 is 5.91 Å². The molecule has 0 aliphatic rings. The van der Waals surface area contributed by atoms with Crippen molar-refractivity contribution in [2.45, 2.75) is 12.7 Å². The van der Waals surface area contributed by atoms with Crippen LogP contribution < -0.4 is 9.47 Å². The quantitative estimate of drug-likeness (QED) is 0.816. The molecule has 2 aromatic rings. The Morgan fingerprint density at radius 3 is 2.40 bits per heavy atom. The molecule has 0 heterocycles. The zero-order valence-electron chi connectivity index (χ0n) is 14.1. The van der Waals surface area contributed by atoms with Crippen molar-refractivity contribution in [1.29, 1.82) is 0 Å². The predicted octanol–water partition coefficient (Wildman–Crippen LogP) is 3.99. The van der Waals surface area contributed by atoms with E-state index in [4.69, 9.17) is 9.47 Å². The van der Waals surface area contributed by atoms with Gasteiger partial charge in [-0.05, 0) is 30.3 Å². The van der Waals surface area contributed by atoms with Gasteiger partial charge in [0.25, 0.3) is 5.91 Å². The summed E-state index contributed by atoms with van der Waals surface area (Å²) in [5.41, 5.74) is -0.162. The van der Waals surface area contributed by atoms with Crippen LogP contribution in [0.15, 0.2) is 42.5 Å². The molecule has 25 heavy (non-hydrogen) atoms. The molecular weight excluding hydrogens is 335 g/mol. The zero-order valence-corrected chi connectivity index (χ0v) is 14.1. The maximum absolute atomic E-state index is 12.8. The van der Waals surface area contributed by atoms with E-state index in [-0.39, 0.29) is 12.1 Å². The average molecular weight is 353 g/mol. The molecule has 0 unspecified atom stereocenters. The van der Waals surface area contributed by atoms with E-state index < -0.39 is 17.6 Å². The number of benzene rings is 2. The summed E-state index contributed by atoms with van der Waals surface area (Å²) in [4.78, 5) is 13.8. The first-order valence-electron chi connectivity index (χ1n) is 7.40. The van der Waals surface area contributed by atoms with E-state index in [2.05, 4.69) is 0 Å². The Labute approximate surface area is 143 Å². The Morgan fingerprint density at radius 2 is 1.80 bits per heavy atom. The number of hydrogen-bond donors (Lipinski definition) is 0. The van der Waals surface area contributed by atoms with E-state index in [1.807, 2.05) is 0 Å². The Hall–Kier alpha value is -2.70. The number of hydrogen-bond acceptors (Lipinski definition) is 3. The molecule has 0 saturated carbocycles. The lowest BCUT2D eigenvalue weighted by Crippen LogP contribution is -2.26. The second-order valence-electron chi connectivity index (χ2n) is 5.42. The number of ether oxygens (including phenoxy) is 2. The van der Waals surface area contributed by atoms with Crippen LogP contribution in [0.3, 0.4) is 0 Å². The standard InChI is InChI=1S/C18H18F3NO3/c1-22(11-13-7-8-15(24-2)10-16(13)25-3)17(23)12-5-4-6-14(9-12)18(19,20)21/h4-10H,11H2,1-3H3. The van der Waals surface area contributed by atoms with E-state index in [1.54, 1.807) is 18.2 Å². The first kappa shape index (κ1) is 18.6. The molecule has 0 aromatic heterocycles. The molecule has 0 spiro atoms. The molecule has 0 N–H and O–H groups in total. The predicted molar refractivity (Wildman–Crippen MR) is 86.8 cm³/mol. The van der Waals surface area contributed by atoms with Crippen molar-refractivity contribution < 1.29 is 27.4 Å². The van der Waals surface area contributed by atoms with Crippen LogP contribution in [-0.4, -0.2) is 32.1 Å². The van der Waals surface area contributed by atoms with Gasteiger partial charge in [-0.1, -0.05) is 6.07 Å². The number of halogens is 3. The van der Waals surface area contributed by atoms with Gasteiger partial charge in [-0.3, -0.25) is 4.79 Å². The van der Waals surface area contributed by atoms with Gasteiger partial charge in [0.2, 0.25) is 0 Å². The van der Waals surface area contributed by atoms with Crippen molar-refractivity contribution in [2.75, 3.05) is 21.3 Å². The van der Waals surface area contributed by atoms with Crippen molar-refractivity contribution in [3.63, 3.8) is 0 Å². The number of carbonyl (C=O) groups excluding carboxylic acids is 1. The molecule has 7 heteroatoms. The highest BCUT2D eigenvalue weighted by atomic mass is 19.4. The van der Waals surface area contributed by atoms with Crippen LogP contribution in [0.25, 0.3) is 0 Å². The van der Waals surface area contributed by atoms with Crippen LogP contribution in [0.1, 0.15) is 21.5 Å². The number of methoxy groups -OCH3 is 2. The second kappa shape index (κ2) is 7.46. The lowest BCUT2D eigenvalue weighted by molar-refractivity contribution is -0.137. The Morgan fingerprint density at radius 1 is 1.08 bits per heavy atom. The van der Waals surface area contributed by atoms with E-state index in [9.17, 15) is 18.0 Å². The summed E-state index contributed by atoms with van der Waals surface area (Å²) in [6.07, 6.45) is -4.49. The van der Waals surface area contributed by atoms with Gasteiger partial charge in [0, 0.05) is 30.8 Å². The monoisotopic (exact) mass is 353 g/mol. The van der Waals surface area contributed by atoms with Gasteiger partial charge in [-0.15, -0.1) is 0 Å². The van der Waals surface area contributed by atoms with Gasteiger partial charge in [0.05, 0.1) is 19.8 Å². The summed E-state index contributed by atoms with van der Waals surface area (Å²) in [5.74, 6) is 0.625. The van der Waals surface area contributed by atoms with E-state index in [0.717, 1.165) is 12.1 Å². The molecule has 0 atom stereocenters. The first-order chi connectivity index (χ1) is 11.8. The van der Waals surface area contributed by atoms with Crippen molar-refractivity contribution in [3.05, 3.63) is 59.2 Å². The van der Waals surface area contributed by atoms with E-state index in [1.165, 1.54) is 38.3 Å².